The van der Waals surface area contributed by atoms with Gasteiger partial charge in [0.2, 0.25) is 0 Å². The summed E-state index contributed by atoms with van der Waals surface area (Å²) in [6.45, 7) is 0.792. The first kappa shape index (κ1) is 12.1. The summed E-state index contributed by atoms with van der Waals surface area (Å²) in [5.74, 6) is 0.660. The number of rotatable bonds is 3. The average Bonchev–Trinajstić information content (AvgIpc) is 3.04. The van der Waals surface area contributed by atoms with Gasteiger partial charge in [-0.15, -0.1) is 0 Å². The Morgan fingerprint density at radius 3 is 2.95 bits per heavy atom. The molecule has 1 aliphatic rings. The van der Waals surface area contributed by atoms with Crippen LogP contribution in [0.4, 0.5) is 5.69 Å². The van der Waals surface area contributed by atoms with Crippen LogP contribution in [0.1, 0.15) is 36.0 Å². The topological polar surface area (TPSA) is 70.9 Å². The van der Waals surface area contributed by atoms with E-state index in [0.717, 1.165) is 17.4 Å². The van der Waals surface area contributed by atoms with Crippen molar-refractivity contribution in [2.24, 2.45) is 5.92 Å². The molecule has 19 heavy (non-hydrogen) atoms. The van der Waals surface area contributed by atoms with Crippen LogP contribution in [0, 0.1) is 5.92 Å². The highest BCUT2D eigenvalue weighted by Crippen LogP contribution is 2.24. The van der Waals surface area contributed by atoms with Gasteiger partial charge in [0.25, 0.3) is 5.91 Å². The van der Waals surface area contributed by atoms with Crippen molar-refractivity contribution in [3.63, 3.8) is 0 Å². The highest BCUT2D eigenvalue weighted by atomic mass is 16.1. The second-order valence-corrected chi connectivity index (χ2v) is 5.37. The minimum atomic E-state index is 0.00271. The Morgan fingerprint density at radius 1 is 1.37 bits per heavy atom. The third kappa shape index (κ3) is 2.43. The molecule has 0 unspecified atom stereocenters. The number of nitrogens with one attached hydrogen (secondary N) is 2. The smallest absolute Gasteiger partial charge is 0.253 e. The normalized spacial score (nSPS) is 16.0. The van der Waals surface area contributed by atoms with Crippen molar-refractivity contribution < 1.29 is 4.79 Å². The molecule has 1 heterocycles. The number of nitrogens with two attached hydrogens (primary N) is 1. The first-order valence-electron chi connectivity index (χ1n) is 6.89. The van der Waals surface area contributed by atoms with Crippen LogP contribution in [0.3, 0.4) is 0 Å². The van der Waals surface area contributed by atoms with E-state index in [0.29, 0.717) is 17.2 Å². The summed E-state index contributed by atoms with van der Waals surface area (Å²) in [7, 11) is 0. The number of fused-ring (bicyclic) bond motifs is 1. The van der Waals surface area contributed by atoms with Gasteiger partial charge in [0.05, 0.1) is 5.56 Å². The third-order valence-corrected chi connectivity index (χ3v) is 3.98. The van der Waals surface area contributed by atoms with E-state index < -0.39 is 0 Å². The van der Waals surface area contributed by atoms with Crippen molar-refractivity contribution in [3.05, 3.63) is 30.0 Å². The molecule has 0 atom stereocenters. The molecule has 1 saturated carbocycles. The first-order valence-corrected chi connectivity index (χ1v) is 6.89. The van der Waals surface area contributed by atoms with E-state index in [4.69, 9.17) is 5.73 Å². The molecule has 4 N–H and O–H groups in total. The molecule has 100 valence electrons. The fourth-order valence-electron chi connectivity index (χ4n) is 2.88. The van der Waals surface area contributed by atoms with Gasteiger partial charge in [-0.1, -0.05) is 12.8 Å². The maximum atomic E-state index is 12.2. The lowest BCUT2D eigenvalue weighted by Gasteiger charge is -2.10. The molecule has 1 fully saturated rings. The standard InChI is InChI=1S/C15H19N3O/c16-11-5-6-12-13(9-17-14(12)7-11)15(19)18-8-10-3-1-2-4-10/h5-7,9-10,17H,1-4,8,16H2,(H,18,19). The van der Waals surface area contributed by atoms with E-state index >= 15 is 0 Å². The Hall–Kier alpha value is -1.97. The molecule has 1 aromatic carbocycles. The number of carbonyl (C=O) groups is 1. The summed E-state index contributed by atoms with van der Waals surface area (Å²) >= 11 is 0. The van der Waals surface area contributed by atoms with Gasteiger partial charge in [0.1, 0.15) is 0 Å². The van der Waals surface area contributed by atoms with Crippen molar-refractivity contribution in [2.75, 3.05) is 12.3 Å². The molecule has 1 amide bonds. The van der Waals surface area contributed by atoms with Crippen LogP contribution in [-0.4, -0.2) is 17.4 Å². The molecule has 0 aliphatic heterocycles. The van der Waals surface area contributed by atoms with Crippen molar-refractivity contribution in [3.8, 4) is 0 Å². The quantitative estimate of drug-likeness (QED) is 0.740. The Morgan fingerprint density at radius 2 is 2.16 bits per heavy atom. The molecule has 2 aromatic rings. The average molecular weight is 257 g/mol. The number of H-pyrrole nitrogens is 1. The van der Waals surface area contributed by atoms with Crippen molar-refractivity contribution >= 4 is 22.5 Å². The number of amides is 1. The molecule has 4 nitrogen and oxygen atoms in total. The van der Waals surface area contributed by atoms with Crippen molar-refractivity contribution in [1.29, 1.82) is 0 Å². The zero-order valence-electron chi connectivity index (χ0n) is 10.9. The van der Waals surface area contributed by atoms with E-state index in [1.807, 2.05) is 18.2 Å². The van der Waals surface area contributed by atoms with Crippen LogP contribution in [-0.2, 0) is 0 Å². The van der Waals surface area contributed by atoms with Gasteiger partial charge in [-0.25, -0.2) is 0 Å². The van der Waals surface area contributed by atoms with Crippen LogP contribution in [0.25, 0.3) is 10.9 Å². The van der Waals surface area contributed by atoms with Gasteiger partial charge in [-0.05, 0) is 37.0 Å². The number of aromatic nitrogens is 1. The molecule has 1 aliphatic carbocycles. The summed E-state index contributed by atoms with van der Waals surface area (Å²) in [4.78, 5) is 15.3. The second-order valence-electron chi connectivity index (χ2n) is 5.37. The number of aromatic amines is 1. The summed E-state index contributed by atoms with van der Waals surface area (Å²) in [6, 6.07) is 5.57. The zero-order chi connectivity index (χ0) is 13.2. The Kier molecular flexibility index (Phi) is 3.15. The van der Waals surface area contributed by atoms with Gasteiger partial charge in [-0.2, -0.15) is 0 Å². The molecule has 3 rings (SSSR count). The number of nitrogen functional groups attached to an aromatic ring is 1. The van der Waals surface area contributed by atoms with Gasteiger partial charge in [0, 0.05) is 29.3 Å². The summed E-state index contributed by atoms with van der Waals surface area (Å²) in [5.41, 5.74) is 8.04. The number of hydrogen-bond acceptors (Lipinski definition) is 2. The predicted octanol–water partition coefficient (Wildman–Crippen LogP) is 2.67. The monoisotopic (exact) mass is 257 g/mol. The number of carbonyl (C=O) groups excluding carboxylic acids is 1. The Balaban J connectivity index is 1.74. The highest BCUT2D eigenvalue weighted by Gasteiger charge is 2.17. The second kappa shape index (κ2) is 4.96. The molecular formula is C15H19N3O. The van der Waals surface area contributed by atoms with Gasteiger partial charge in [0.15, 0.2) is 0 Å². The lowest BCUT2D eigenvalue weighted by molar-refractivity contribution is 0.0949. The zero-order valence-corrected chi connectivity index (χ0v) is 10.9. The molecule has 0 radical (unpaired) electrons. The van der Waals surface area contributed by atoms with Crippen LogP contribution >= 0.6 is 0 Å². The minimum absolute atomic E-state index is 0.00271. The minimum Gasteiger partial charge on any atom is -0.399 e. The van der Waals surface area contributed by atoms with Crippen molar-refractivity contribution in [2.45, 2.75) is 25.7 Å². The van der Waals surface area contributed by atoms with Crippen molar-refractivity contribution in [1.82, 2.24) is 10.3 Å². The molecule has 1 aromatic heterocycles. The summed E-state index contributed by atoms with van der Waals surface area (Å²) < 4.78 is 0. The van der Waals surface area contributed by atoms with E-state index in [1.54, 1.807) is 6.20 Å². The summed E-state index contributed by atoms with van der Waals surface area (Å²) in [6.07, 6.45) is 6.84. The van der Waals surface area contributed by atoms with E-state index in [-0.39, 0.29) is 5.91 Å². The van der Waals surface area contributed by atoms with Crippen LogP contribution in [0.5, 0.6) is 0 Å². The van der Waals surface area contributed by atoms with Crippen LogP contribution in [0.15, 0.2) is 24.4 Å². The first-order chi connectivity index (χ1) is 9.24. The molecule has 0 bridgehead atoms. The maximum absolute atomic E-state index is 12.2. The van der Waals surface area contributed by atoms with Gasteiger partial charge in [-0.3, -0.25) is 4.79 Å². The van der Waals surface area contributed by atoms with E-state index in [9.17, 15) is 4.79 Å². The number of hydrogen-bond donors (Lipinski definition) is 3. The van der Waals surface area contributed by atoms with E-state index in [2.05, 4.69) is 10.3 Å². The van der Waals surface area contributed by atoms with Crippen LogP contribution in [0.2, 0.25) is 0 Å². The maximum Gasteiger partial charge on any atom is 0.253 e. The molecular weight excluding hydrogens is 238 g/mol. The fourth-order valence-corrected chi connectivity index (χ4v) is 2.88. The molecule has 0 saturated heterocycles. The SMILES string of the molecule is Nc1ccc2c(C(=O)NCC3CCCC3)c[nH]c2c1. The predicted molar refractivity (Wildman–Crippen MR) is 77.0 cm³/mol. The lowest BCUT2D eigenvalue weighted by Crippen LogP contribution is -2.28. The number of anilines is 1. The van der Waals surface area contributed by atoms with Crippen LogP contribution < -0.4 is 11.1 Å². The molecule has 0 spiro atoms. The third-order valence-electron chi connectivity index (χ3n) is 3.98. The summed E-state index contributed by atoms with van der Waals surface area (Å²) in [5, 5.41) is 3.97. The Bertz CT molecular complexity index is 596. The van der Waals surface area contributed by atoms with E-state index in [1.165, 1.54) is 25.7 Å². The van der Waals surface area contributed by atoms with Gasteiger partial charge >= 0.3 is 0 Å². The molecule has 4 heteroatoms. The van der Waals surface area contributed by atoms with Gasteiger partial charge < -0.3 is 16.0 Å². The largest absolute Gasteiger partial charge is 0.399 e. The lowest BCUT2D eigenvalue weighted by atomic mass is 10.1. The Labute approximate surface area is 112 Å². The fraction of sp³-hybridized carbons (Fsp3) is 0.400. The highest BCUT2D eigenvalue weighted by molar-refractivity contribution is 6.07. The number of benzene rings is 1.